The molecule has 0 saturated heterocycles. The molecule has 8 aromatic rings. The third-order valence-corrected chi connectivity index (χ3v) is 10.1. The molecule has 0 unspecified atom stereocenters. The van der Waals surface area contributed by atoms with Crippen LogP contribution >= 0.6 is 0 Å². The molecule has 0 atom stereocenters. The van der Waals surface area contributed by atoms with Gasteiger partial charge in [0.2, 0.25) is 11.0 Å². The van der Waals surface area contributed by atoms with Crippen LogP contribution in [-0.2, 0) is 13.1 Å². The zero-order chi connectivity index (χ0) is 31.7. The summed E-state index contributed by atoms with van der Waals surface area (Å²) in [6, 6.07) is 38.9. The number of aryl methyl sites for hydroxylation is 2. The zero-order valence-corrected chi connectivity index (χ0v) is 28.9. The van der Waals surface area contributed by atoms with Gasteiger partial charge in [0.15, 0.2) is 12.4 Å². The summed E-state index contributed by atoms with van der Waals surface area (Å²) in [7, 11) is 0. The van der Waals surface area contributed by atoms with Crippen molar-refractivity contribution in [3.63, 3.8) is 0 Å². The Balaban J connectivity index is 0.00000364. The van der Waals surface area contributed by atoms with Gasteiger partial charge in [0.05, 0.1) is 21.5 Å². The van der Waals surface area contributed by atoms with Gasteiger partial charge in [-0.2, -0.15) is 9.13 Å². The highest BCUT2D eigenvalue weighted by Gasteiger charge is 2.18. The molecule has 0 spiro atoms. The number of halogens is 1. The van der Waals surface area contributed by atoms with Crippen molar-refractivity contribution in [2.75, 3.05) is 11.5 Å². The third-order valence-electron chi connectivity index (χ3n) is 10.1. The van der Waals surface area contributed by atoms with Crippen LogP contribution in [0.4, 0.5) is 11.4 Å². The van der Waals surface area contributed by atoms with Crippen LogP contribution in [0.3, 0.4) is 0 Å². The Labute approximate surface area is 292 Å². The first-order chi connectivity index (χ1) is 23.2. The summed E-state index contributed by atoms with van der Waals surface area (Å²) in [5.41, 5.74) is 17.2. The number of nitrogen functional groups attached to an aromatic ring is 2. The standard InChI is InChI=1S/C43H40N4.BrH/c44-40-26-36-34-20-10-12-22-42(34)46(28-38(36)30-16-6-8-18-32(30)40)24-14-4-2-1-3-5-15-25-47-29-39-31-17-7-9-19-33(31)41(45)27-37(39)35-21-11-13-23-43(35)47;/h6-13,16-23,26-29,44-45H,1-5,14-15,24-25H2;1H/p+1. The van der Waals surface area contributed by atoms with E-state index < -0.39 is 0 Å². The van der Waals surface area contributed by atoms with Gasteiger partial charge >= 0.3 is 0 Å². The van der Waals surface area contributed by atoms with Gasteiger partial charge in [-0.25, -0.2) is 0 Å². The summed E-state index contributed by atoms with van der Waals surface area (Å²) in [6.45, 7) is 2.06. The number of hydrogen-bond donors (Lipinski definition) is 2. The molecule has 4 nitrogen and oxygen atoms in total. The maximum Gasteiger partial charge on any atom is 0.213 e. The maximum atomic E-state index is 6.49. The average Bonchev–Trinajstić information content (AvgIpc) is 3.12. The second kappa shape index (κ2) is 13.8. The predicted octanol–water partition coefficient (Wildman–Crippen LogP) is 6.78. The number of unbranched alkanes of at least 4 members (excludes halogenated alkanes) is 6. The lowest BCUT2D eigenvalue weighted by molar-refractivity contribution is -0.670. The first kappa shape index (κ1) is 31.8. The van der Waals surface area contributed by atoms with Gasteiger partial charge in [-0.1, -0.05) is 92.1 Å². The number of rotatable bonds is 10. The maximum absolute atomic E-state index is 6.49. The highest BCUT2D eigenvalue weighted by molar-refractivity contribution is 6.19. The molecule has 0 amide bonds. The number of hydrogen-bond acceptors (Lipinski definition) is 2. The number of nitrogens with zero attached hydrogens (tertiary/aromatic N) is 2. The lowest BCUT2D eigenvalue weighted by atomic mass is 9.98. The van der Waals surface area contributed by atoms with E-state index in [0.29, 0.717) is 0 Å². The molecule has 6 aromatic carbocycles. The average molecular weight is 695 g/mol. The number of anilines is 2. The minimum Gasteiger partial charge on any atom is -1.00 e. The molecule has 48 heavy (non-hydrogen) atoms. The summed E-state index contributed by atoms with van der Waals surface area (Å²) in [5.74, 6) is 0. The van der Waals surface area contributed by atoms with Crippen LogP contribution in [-0.4, -0.2) is 0 Å². The van der Waals surface area contributed by atoms with E-state index in [1.165, 1.54) is 99.1 Å². The second-order valence-electron chi connectivity index (χ2n) is 13.1. The Kier molecular flexibility index (Phi) is 9.14. The molecule has 0 bridgehead atoms. The summed E-state index contributed by atoms with van der Waals surface area (Å²) in [5, 5.41) is 12.3. The lowest BCUT2D eigenvalue weighted by Crippen LogP contribution is -3.00. The minimum absolute atomic E-state index is 0. The van der Waals surface area contributed by atoms with E-state index in [-0.39, 0.29) is 17.0 Å². The van der Waals surface area contributed by atoms with E-state index >= 15 is 0 Å². The Hall–Kier alpha value is -4.74. The van der Waals surface area contributed by atoms with Gasteiger partial charge in [-0.15, -0.1) is 0 Å². The highest BCUT2D eigenvalue weighted by Crippen LogP contribution is 2.34. The molecule has 0 fully saturated rings. The van der Waals surface area contributed by atoms with E-state index in [9.17, 15) is 0 Å². The van der Waals surface area contributed by atoms with Crippen molar-refractivity contribution < 1.29 is 26.1 Å². The van der Waals surface area contributed by atoms with Crippen LogP contribution in [0.1, 0.15) is 44.9 Å². The van der Waals surface area contributed by atoms with Crippen molar-refractivity contribution in [3.8, 4) is 0 Å². The van der Waals surface area contributed by atoms with Crippen LogP contribution in [0, 0.1) is 0 Å². The molecule has 0 aliphatic rings. The number of fused-ring (bicyclic) bond motifs is 10. The molecule has 2 aromatic heterocycles. The quantitative estimate of drug-likeness (QED) is 0.0718. The summed E-state index contributed by atoms with van der Waals surface area (Å²) < 4.78 is 4.92. The molecule has 0 saturated carbocycles. The van der Waals surface area contributed by atoms with Crippen LogP contribution < -0.4 is 37.6 Å². The van der Waals surface area contributed by atoms with Crippen molar-refractivity contribution in [3.05, 3.63) is 122 Å². The number of nitrogens with two attached hydrogens (primary N) is 2. The van der Waals surface area contributed by atoms with Gasteiger partial charge in [-0.05, 0) is 47.9 Å². The number of para-hydroxylation sites is 2. The first-order valence-electron chi connectivity index (χ1n) is 17.2. The van der Waals surface area contributed by atoms with E-state index in [0.717, 1.165) is 35.2 Å². The lowest BCUT2D eigenvalue weighted by Gasteiger charge is -2.10. The van der Waals surface area contributed by atoms with Gasteiger partial charge in [0.25, 0.3) is 0 Å². The topological polar surface area (TPSA) is 59.8 Å². The zero-order valence-electron chi connectivity index (χ0n) is 27.3. The minimum atomic E-state index is 0. The third kappa shape index (κ3) is 5.81. The van der Waals surface area contributed by atoms with Crippen molar-refractivity contribution in [2.45, 2.75) is 58.0 Å². The van der Waals surface area contributed by atoms with Crippen molar-refractivity contribution in [1.82, 2.24) is 0 Å². The van der Waals surface area contributed by atoms with Crippen molar-refractivity contribution in [2.24, 2.45) is 0 Å². The molecule has 5 heteroatoms. The fourth-order valence-corrected chi connectivity index (χ4v) is 7.75. The number of aromatic nitrogens is 2. The molecule has 4 N–H and O–H groups in total. The van der Waals surface area contributed by atoms with Crippen molar-refractivity contribution in [1.29, 1.82) is 0 Å². The Morgan fingerprint density at radius 1 is 0.354 bits per heavy atom. The molecule has 2 heterocycles. The summed E-state index contributed by atoms with van der Waals surface area (Å²) in [6.07, 6.45) is 13.4. The predicted molar refractivity (Wildman–Crippen MR) is 199 cm³/mol. The van der Waals surface area contributed by atoms with E-state index in [1.807, 2.05) is 0 Å². The SMILES string of the molecule is Nc1cc2c(c[n+](CCCCCCCCC[n+]3cc4c5ccccc5c(N)cc4c4ccccc43)c3ccccc23)c2ccccc12.[Br-]. The van der Waals surface area contributed by atoms with E-state index in [4.69, 9.17) is 11.5 Å². The van der Waals surface area contributed by atoms with E-state index in [2.05, 4.69) is 131 Å². The van der Waals surface area contributed by atoms with Crippen LogP contribution in [0.2, 0.25) is 0 Å². The molecule has 0 aliphatic heterocycles. The molecule has 0 aliphatic carbocycles. The smallest absolute Gasteiger partial charge is 0.213 e. The van der Waals surface area contributed by atoms with Gasteiger partial charge in [-0.3, -0.25) is 0 Å². The van der Waals surface area contributed by atoms with Gasteiger partial charge < -0.3 is 28.4 Å². The molecular formula is C43H42BrN4+. The van der Waals surface area contributed by atoms with Gasteiger partial charge in [0, 0.05) is 57.9 Å². The van der Waals surface area contributed by atoms with Crippen LogP contribution in [0.15, 0.2) is 122 Å². The van der Waals surface area contributed by atoms with Crippen molar-refractivity contribution >= 4 is 76.3 Å². The highest BCUT2D eigenvalue weighted by atomic mass is 79.9. The molecular weight excluding hydrogens is 652 g/mol. The molecule has 0 radical (unpaired) electrons. The molecule has 240 valence electrons. The van der Waals surface area contributed by atoms with Gasteiger partial charge in [0.1, 0.15) is 13.1 Å². The largest absolute Gasteiger partial charge is 1.00 e. The monoisotopic (exact) mass is 693 g/mol. The fraction of sp³-hybridized carbons (Fsp3) is 0.209. The molecule has 8 rings (SSSR count). The summed E-state index contributed by atoms with van der Waals surface area (Å²) >= 11 is 0. The Bertz CT molecular complexity index is 2260. The summed E-state index contributed by atoms with van der Waals surface area (Å²) in [4.78, 5) is 0. The van der Waals surface area contributed by atoms with Crippen LogP contribution in [0.5, 0.6) is 0 Å². The fourth-order valence-electron chi connectivity index (χ4n) is 7.75. The normalized spacial score (nSPS) is 11.7. The number of benzene rings is 6. The first-order valence-corrected chi connectivity index (χ1v) is 17.2. The second-order valence-corrected chi connectivity index (χ2v) is 13.1. The Morgan fingerprint density at radius 2 is 0.688 bits per heavy atom. The Morgan fingerprint density at radius 3 is 1.10 bits per heavy atom. The van der Waals surface area contributed by atoms with E-state index in [1.54, 1.807) is 0 Å². The number of pyridine rings is 2. The van der Waals surface area contributed by atoms with Crippen LogP contribution in [0.25, 0.3) is 64.9 Å².